The number of rotatable bonds is 2. The molecule has 0 spiro atoms. The highest BCUT2D eigenvalue weighted by Gasteiger charge is 2.46. The third kappa shape index (κ3) is 2.60. The number of anilines is 1. The van der Waals surface area contributed by atoms with Crippen LogP contribution in [0, 0.1) is 19.7 Å². The van der Waals surface area contributed by atoms with Crippen LogP contribution in [-0.4, -0.2) is 16.1 Å². The Labute approximate surface area is 168 Å². The van der Waals surface area contributed by atoms with Gasteiger partial charge in [0.2, 0.25) is 10.9 Å². The first-order chi connectivity index (χ1) is 14.0. The van der Waals surface area contributed by atoms with Gasteiger partial charge in [0.1, 0.15) is 22.4 Å². The van der Waals surface area contributed by atoms with Crippen molar-refractivity contribution in [1.29, 1.82) is 0 Å². The predicted octanol–water partition coefficient (Wildman–Crippen LogP) is 4.15. The molecule has 29 heavy (non-hydrogen) atoms. The second-order valence-corrected chi connectivity index (χ2v) is 8.04. The zero-order valence-corrected chi connectivity index (χ0v) is 16.3. The van der Waals surface area contributed by atoms with Crippen LogP contribution in [0.4, 0.5) is 9.52 Å². The number of amides is 1. The smallest absolute Gasteiger partial charge is 0.297 e. The molecule has 1 atom stereocenters. The number of carbonyl (C=O) groups excluding carboxylic acids is 1. The standard InChI is InChI=1S/C21H14FN3O3S/c1-10-7-8-15-13(9-10)18(26)16-17(12-5-3-4-6-14(12)22)25(20(27)19(16)28-15)21-24-23-11(2)29-21/h3-9,17H,1-2H3. The molecule has 1 amide bonds. The van der Waals surface area contributed by atoms with Crippen LogP contribution < -0.4 is 10.3 Å². The normalized spacial score (nSPS) is 15.9. The first-order valence-corrected chi connectivity index (χ1v) is 9.73. The van der Waals surface area contributed by atoms with Gasteiger partial charge in [0.05, 0.1) is 10.9 Å². The minimum Gasteiger partial charge on any atom is -0.450 e. The molecule has 0 bridgehead atoms. The van der Waals surface area contributed by atoms with E-state index in [1.54, 1.807) is 43.3 Å². The van der Waals surface area contributed by atoms with Crippen LogP contribution in [0.2, 0.25) is 0 Å². The van der Waals surface area contributed by atoms with Crippen molar-refractivity contribution in [3.05, 3.63) is 86.0 Å². The van der Waals surface area contributed by atoms with Crippen LogP contribution >= 0.6 is 11.3 Å². The first kappa shape index (κ1) is 17.7. The summed E-state index contributed by atoms with van der Waals surface area (Å²) < 4.78 is 20.6. The van der Waals surface area contributed by atoms with E-state index in [1.165, 1.54) is 22.3 Å². The zero-order chi connectivity index (χ0) is 20.3. The van der Waals surface area contributed by atoms with Gasteiger partial charge in [-0.2, -0.15) is 0 Å². The SMILES string of the molecule is Cc1ccc2oc3c(c(=O)c2c1)C(c1ccccc1F)N(c1nnc(C)s1)C3=O. The molecule has 2 aromatic carbocycles. The number of halogens is 1. The van der Waals surface area contributed by atoms with E-state index in [0.29, 0.717) is 16.0 Å². The Morgan fingerprint density at radius 3 is 2.62 bits per heavy atom. The number of hydrogen-bond donors (Lipinski definition) is 0. The number of carbonyl (C=O) groups is 1. The topological polar surface area (TPSA) is 76.3 Å². The van der Waals surface area contributed by atoms with Crippen molar-refractivity contribution in [3.8, 4) is 0 Å². The number of benzene rings is 2. The Morgan fingerprint density at radius 2 is 1.90 bits per heavy atom. The van der Waals surface area contributed by atoms with Crippen LogP contribution in [-0.2, 0) is 0 Å². The van der Waals surface area contributed by atoms with E-state index < -0.39 is 17.8 Å². The van der Waals surface area contributed by atoms with Crippen molar-refractivity contribution in [2.75, 3.05) is 4.90 Å². The molecule has 8 heteroatoms. The Bertz CT molecular complexity index is 1360. The molecule has 0 radical (unpaired) electrons. The Hall–Kier alpha value is -3.39. The first-order valence-electron chi connectivity index (χ1n) is 8.91. The van der Waals surface area contributed by atoms with Crippen LogP contribution in [0.3, 0.4) is 0 Å². The molecular formula is C21H14FN3O3S. The van der Waals surface area contributed by atoms with Gasteiger partial charge in [-0.05, 0) is 32.0 Å². The number of hydrogen-bond acceptors (Lipinski definition) is 6. The molecule has 1 unspecified atom stereocenters. The molecule has 6 nitrogen and oxygen atoms in total. The van der Waals surface area contributed by atoms with Crippen LogP contribution in [0.1, 0.15) is 38.3 Å². The lowest BCUT2D eigenvalue weighted by molar-refractivity contribution is 0.0970. The Morgan fingerprint density at radius 1 is 1.10 bits per heavy atom. The average molecular weight is 407 g/mol. The number of aryl methyl sites for hydroxylation is 2. The lowest BCUT2D eigenvalue weighted by Crippen LogP contribution is -2.30. The van der Waals surface area contributed by atoms with Gasteiger partial charge in [-0.3, -0.25) is 14.5 Å². The molecule has 144 valence electrons. The third-order valence-corrected chi connectivity index (χ3v) is 5.78. The molecule has 0 aliphatic carbocycles. The van der Waals surface area contributed by atoms with E-state index in [4.69, 9.17) is 4.42 Å². The molecule has 1 aliphatic heterocycles. The highest BCUT2D eigenvalue weighted by molar-refractivity contribution is 7.15. The van der Waals surface area contributed by atoms with E-state index in [-0.39, 0.29) is 27.4 Å². The maximum atomic E-state index is 14.8. The van der Waals surface area contributed by atoms with E-state index in [1.807, 2.05) is 6.92 Å². The molecule has 0 saturated carbocycles. The molecule has 0 saturated heterocycles. The zero-order valence-electron chi connectivity index (χ0n) is 15.5. The van der Waals surface area contributed by atoms with Crippen molar-refractivity contribution in [2.45, 2.75) is 19.9 Å². The summed E-state index contributed by atoms with van der Waals surface area (Å²) in [7, 11) is 0. The van der Waals surface area contributed by atoms with E-state index >= 15 is 0 Å². The second kappa shape index (κ2) is 6.31. The minimum absolute atomic E-state index is 0.0903. The predicted molar refractivity (Wildman–Crippen MR) is 107 cm³/mol. The quantitative estimate of drug-likeness (QED) is 0.499. The van der Waals surface area contributed by atoms with Crippen molar-refractivity contribution >= 4 is 33.3 Å². The highest BCUT2D eigenvalue weighted by atomic mass is 32.1. The van der Waals surface area contributed by atoms with Gasteiger partial charge >= 0.3 is 0 Å². The molecular weight excluding hydrogens is 393 g/mol. The molecule has 2 aromatic heterocycles. The molecule has 0 N–H and O–H groups in total. The van der Waals surface area contributed by atoms with Crippen molar-refractivity contribution in [3.63, 3.8) is 0 Å². The lowest BCUT2D eigenvalue weighted by atomic mass is 9.98. The Balaban J connectivity index is 1.86. The van der Waals surface area contributed by atoms with Gasteiger partial charge in [-0.25, -0.2) is 4.39 Å². The van der Waals surface area contributed by atoms with Crippen molar-refractivity contribution in [1.82, 2.24) is 10.2 Å². The van der Waals surface area contributed by atoms with Gasteiger partial charge in [0.15, 0.2) is 5.43 Å². The summed E-state index contributed by atoms with van der Waals surface area (Å²) in [6.07, 6.45) is 0. The summed E-state index contributed by atoms with van der Waals surface area (Å²) in [6, 6.07) is 10.3. The maximum Gasteiger partial charge on any atom is 0.297 e. The molecule has 3 heterocycles. The highest BCUT2D eigenvalue weighted by Crippen LogP contribution is 2.42. The van der Waals surface area contributed by atoms with Gasteiger partial charge in [-0.1, -0.05) is 41.2 Å². The number of aromatic nitrogens is 2. The number of nitrogens with zero attached hydrogens (tertiary/aromatic N) is 3. The maximum absolute atomic E-state index is 14.8. The third-order valence-electron chi connectivity index (χ3n) is 4.95. The number of fused-ring (bicyclic) bond motifs is 2. The summed E-state index contributed by atoms with van der Waals surface area (Å²) >= 11 is 1.19. The van der Waals surface area contributed by atoms with Crippen LogP contribution in [0.25, 0.3) is 11.0 Å². The summed E-state index contributed by atoms with van der Waals surface area (Å²) in [5, 5.41) is 9.32. The second-order valence-electron chi connectivity index (χ2n) is 6.88. The Kier molecular flexibility index (Phi) is 3.85. The summed E-state index contributed by atoms with van der Waals surface area (Å²) in [5.41, 5.74) is 1.16. The summed E-state index contributed by atoms with van der Waals surface area (Å²) in [4.78, 5) is 28.0. The molecule has 1 aliphatic rings. The fourth-order valence-corrected chi connectivity index (χ4v) is 4.37. The molecule has 0 fully saturated rings. The van der Waals surface area contributed by atoms with Crippen LogP contribution in [0.15, 0.2) is 51.7 Å². The molecule has 5 rings (SSSR count). The lowest BCUT2D eigenvalue weighted by Gasteiger charge is -2.22. The van der Waals surface area contributed by atoms with Crippen LogP contribution in [0.5, 0.6) is 0 Å². The minimum atomic E-state index is -0.979. The molecule has 4 aromatic rings. The van der Waals surface area contributed by atoms with Gasteiger partial charge < -0.3 is 4.42 Å². The van der Waals surface area contributed by atoms with Gasteiger partial charge in [0.25, 0.3) is 5.91 Å². The van der Waals surface area contributed by atoms with E-state index in [2.05, 4.69) is 10.2 Å². The van der Waals surface area contributed by atoms with Crippen molar-refractivity contribution in [2.24, 2.45) is 0 Å². The van der Waals surface area contributed by atoms with Crippen molar-refractivity contribution < 1.29 is 13.6 Å². The van der Waals surface area contributed by atoms with Gasteiger partial charge in [-0.15, -0.1) is 10.2 Å². The summed E-state index contributed by atoms with van der Waals surface area (Å²) in [5.74, 6) is -1.15. The monoisotopic (exact) mass is 407 g/mol. The fourth-order valence-electron chi connectivity index (χ4n) is 3.66. The average Bonchev–Trinajstić information content (AvgIpc) is 3.24. The van der Waals surface area contributed by atoms with Gasteiger partial charge in [0, 0.05) is 5.56 Å². The fraction of sp³-hybridized carbons (Fsp3) is 0.143. The largest absolute Gasteiger partial charge is 0.450 e. The summed E-state index contributed by atoms with van der Waals surface area (Å²) in [6.45, 7) is 3.62. The van der Waals surface area contributed by atoms with E-state index in [0.717, 1.165) is 5.56 Å². The van der Waals surface area contributed by atoms with E-state index in [9.17, 15) is 14.0 Å².